The minimum Gasteiger partial charge on any atom is -0.497 e. The molecule has 0 heterocycles. The molecule has 0 spiro atoms. The van der Waals surface area contributed by atoms with Gasteiger partial charge in [0.2, 0.25) is 10.0 Å². The third kappa shape index (κ3) is 5.56. The van der Waals surface area contributed by atoms with Crippen LogP contribution in [0.4, 0.5) is 5.69 Å². The number of hydrogen-bond acceptors (Lipinski definition) is 6. The van der Waals surface area contributed by atoms with Gasteiger partial charge in [-0.2, -0.15) is 4.72 Å². The van der Waals surface area contributed by atoms with E-state index >= 15 is 0 Å². The smallest absolute Gasteiger partial charge is 0.321 e. The van der Waals surface area contributed by atoms with Crippen LogP contribution in [0.3, 0.4) is 0 Å². The summed E-state index contributed by atoms with van der Waals surface area (Å²) in [5, 5.41) is 4.21. The summed E-state index contributed by atoms with van der Waals surface area (Å²) < 4.78 is 36.9. The number of ether oxygens (including phenoxy) is 2. The first kappa shape index (κ1) is 21.3. The number of carbonyl (C=O) groups excluding carboxylic acids is 2. The lowest BCUT2D eigenvalue weighted by Crippen LogP contribution is -2.32. The van der Waals surface area contributed by atoms with E-state index < -0.39 is 35.1 Å². The fourth-order valence-electron chi connectivity index (χ4n) is 2.67. The normalized spacial score (nSPS) is 11.1. The van der Waals surface area contributed by atoms with Crippen LogP contribution in [0.15, 0.2) is 71.6 Å². The molecule has 0 aliphatic heterocycles. The molecule has 0 saturated heterocycles. The number of carbonyl (C=O) groups is 2. The lowest BCUT2D eigenvalue weighted by molar-refractivity contribution is -0.146. The highest BCUT2D eigenvalue weighted by Gasteiger charge is 2.17. The summed E-state index contributed by atoms with van der Waals surface area (Å²) in [6, 6.07) is 18.7. The van der Waals surface area contributed by atoms with Crippen molar-refractivity contribution in [2.45, 2.75) is 4.90 Å². The van der Waals surface area contributed by atoms with Crippen molar-refractivity contribution in [3.63, 3.8) is 0 Å². The van der Waals surface area contributed by atoms with E-state index in [9.17, 15) is 18.0 Å². The molecular formula is C21H20N2O6S. The zero-order chi connectivity index (χ0) is 21.6. The molecule has 3 aromatic carbocycles. The summed E-state index contributed by atoms with van der Waals surface area (Å²) in [6.07, 6.45) is 0. The molecule has 2 N–H and O–H groups in total. The van der Waals surface area contributed by atoms with E-state index in [2.05, 4.69) is 10.0 Å². The van der Waals surface area contributed by atoms with Gasteiger partial charge in [0.1, 0.15) is 12.3 Å². The number of esters is 1. The molecule has 0 saturated carbocycles. The Hall–Kier alpha value is -3.43. The molecule has 156 valence electrons. The monoisotopic (exact) mass is 428 g/mol. The highest BCUT2D eigenvalue weighted by Crippen LogP contribution is 2.19. The minimum atomic E-state index is -3.91. The SMILES string of the molecule is COc1cccc(NC(=O)COC(=O)CNS(=O)(=O)c2ccc3ccccc3c2)c1. The molecule has 0 aromatic heterocycles. The number of anilines is 1. The molecule has 0 radical (unpaired) electrons. The molecule has 0 fully saturated rings. The topological polar surface area (TPSA) is 111 Å². The van der Waals surface area contributed by atoms with Crippen LogP contribution >= 0.6 is 0 Å². The van der Waals surface area contributed by atoms with Crippen molar-refractivity contribution in [3.05, 3.63) is 66.7 Å². The fraction of sp³-hybridized carbons (Fsp3) is 0.143. The zero-order valence-corrected chi connectivity index (χ0v) is 16.9. The number of sulfonamides is 1. The van der Waals surface area contributed by atoms with Crippen molar-refractivity contribution in [2.24, 2.45) is 0 Å². The first-order valence-corrected chi connectivity index (χ1v) is 10.4. The van der Waals surface area contributed by atoms with Gasteiger partial charge in [0.15, 0.2) is 6.61 Å². The number of methoxy groups -OCH3 is 1. The maximum absolute atomic E-state index is 12.4. The van der Waals surface area contributed by atoms with E-state index in [1.165, 1.54) is 19.2 Å². The number of nitrogens with one attached hydrogen (secondary N) is 2. The summed E-state index contributed by atoms with van der Waals surface area (Å²) in [6.45, 7) is -1.14. The summed E-state index contributed by atoms with van der Waals surface area (Å²) >= 11 is 0. The molecule has 0 aliphatic carbocycles. The third-order valence-corrected chi connectivity index (χ3v) is 5.55. The Balaban J connectivity index is 1.51. The van der Waals surface area contributed by atoms with Gasteiger partial charge in [0.05, 0.1) is 12.0 Å². The minimum absolute atomic E-state index is 0.0322. The van der Waals surface area contributed by atoms with Gasteiger partial charge >= 0.3 is 5.97 Å². The van der Waals surface area contributed by atoms with Crippen LogP contribution in [-0.4, -0.2) is 40.6 Å². The van der Waals surface area contributed by atoms with E-state index in [1.54, 1.807) is 42.5 Å². The van der Waals surface area contributed by atoms with Crippen molar-refractivity contribution in [3.8, 4) is 5.75 Å². The molecule has 3 aromatic rings. The van der Waals surface area contributed by atoms with Crippen molar-refractivity contribution in [1.29, 1.82) is 0 Å². The Bertz CT molecular complexity index is 1180. The van der Waals surface area contributed by atoms with Crippen LogP contribution in [0.2, 0.25) is 0 Å². The van der Waals surface area contributed by atoms with Crippen LogP contribution < -0.4 is 14.8 Å². The van der Waals surface area contributed by atoms with Crippen molar-refractivity contribution in [2.75, 3.05) is 25.6 Å². The second-order valence-corrected chi connectivity index (χ2v) is 8.04. The maximum Gasteiger partial charge on any atom is 0.321 e. The highest BCUT2D eigenvalue weighted by atomic mass is 32.2. The predicted molar refractivity (Wildman–Crippen MR) is 112 cm³/mol. The van der Waals surface area contributed by atoms with Gasteiger partial charge in [-0.25, -0.2) is 8.42 Å². The molecular weight excluding hydrogens is 408 g/mol. The van der Waals surface area contributed by atoms with Crippen LogP contribution in [0.25, 0.3) is 10.8 Å². The first-order chi connectivity index (χ1) is 14.4. The second-order valence-electron chi connectivity index (χ2n) is 6.27. The Morgan fingerprint density at radius 2 is 1.70 bits per heavy atom. The summed E-state index contributed by atoms with van der Waals surface area (Å²) in [4.78, 5) is 23.8. The third-order valence-electron chi connectivity index (χ3n) is 4.16. The molecule has 0 aliphatic rings. The fourth-order valence-corrected chi connectivity index (χ4v) is 3.67. The van der Waals surface area contributed by atoms with E-state index in [0.717, 1.165) is 10.8 Å². The molecule has 0 unspecified atom stereocenters. The van der Waals surface area contributed by atoms with Gasteiger partial charge in [0.25, 0.3) is 5.91 Å². The Morgan fingerprint density at radius 1 is 0.933 bits per heavy atom. The Morgan fingerprint density at radius 3 is 2.47 bits per heavy atom. The molecule has 30 heavy (non-hydrogen) atoms. The molecule has 3 rings (SSSR count). The molecule has 0 atom stereocenters. The van der Waals surface area contributed by atoms with Crippen LogP contribution in [-0.2, 0) is 24.3 Å². The molecule has 9 heteroatoms. The lowest BCUT2D eigenvalue weighted by Gasteiger charge is -2.09. The van der Waals surface area contributed by atoms with Gasteiger partial charge in [-0.3, -0.25) is 9.59 Å². The van der Waals surface area contributed by atoms with Crippen LogP contribution in [0, 0.1) is 0 Å². The van der Waals surface area contributed by atoms with E-state index in [-0.39, 0.29) is 4.90 Å². The molecule has 8 nitrogen and oxygen atoms in total. The predicted octanol–water partition coefficient (Wildman–Crippen LogP) is 2.31. The van der Waals surface area contributed by atoms with Gasteiger partial charge < -0.3 is 14.8 Å². The lowest BCUT2D eigenvalue weighted by atomic mass is 10.1. The summed E-state index contributed by atoms with van der Waals surface area (Å²) in [7, 11) is -2.41. The van der Waals surface area contributed by atoms with Crippen LogP contribution in [0.5, 0.6) is 5.75 Å². The van der Waals surface area contributed by atoms with Gasteiger partial charge in [0, 0.05) is 11.8 Å². The van der Waals surface area contributed by atoms with Gasteiger partial charge in [-0.05, 0) is 35.0 Å². The number of rotatable bonds is 8. The summed E-state index contributed by atoms with van der Waals surface area (Å²) in [5.41, 5.74) is 0.479. The van der Waals surface area contributed by atoms with E-state index in [1.807, 2.05) is 12.1 Å². The molecule has 1 amide bonds. The van der Waals surface area contributed by atoms with Gasteiger partial charge in [-0.1, -0.05) is 36.4 Å². The maximum atomic E-state index is 12.4. The molecule has 0 bridgehead atoms. The van der Waals surface area contributed by atoms with E-state index in [0.29, 0.717) is 11.4 Å². The quantitative estimate of drug-likeness (QED) is 0.533. The zero-order valence-electron chi connectivity index (χ0n) is 16.1. The van der Waals surface area contributed by atoms with Crippen molar-refractivity contribution < 1.29 is 27.5 Å². The first-order valence-electron chi connectivity index (χ1n) is 8.95. The number of fused-ring (bicyclic) bond motifs is 1. The van der Waals surface area contributed by atoms with Crippen molar-refractivity contribution in [1.82, 2.24) is 4.72 Å². The number of benzene rings is 3. The largest absolute Gasteiger partial charge is 0.497 e. The summed E-state index contributed by atoms with van der Waals surface area (Å²) in [5.74, 6) is -0.873. The van der Waals surface area contributed by atoms with E-state index in [4.69, 9.17) is 9.47 Å². The second kappa shape index (κ2) is 9.38. The standard InChI is InChI=1S/C21H20N2O6S/c1-28-18-8-4-7-17(12-18)23-20(24)14-29-21(25)13-22-30(26,27)19-10-9-15-5-2-3-6-16(15)11-19/h2-12,22H,13-14H2,1H3,(H,23,24). The Labute approximate surface area is 173 Å². The van der Waals surface area contributed by atoms with Crippen LogP contribution in [0.1, 0.15) is 0 Å². The number of hydrogen-bond donors (Lipinski definition) is 2. The highest BCUT2D eigenvalue weighted by molar-refractivity contribution is 7.89. The average molecular weight is 428 g/mol. The van der Waals surface area contributed by atoms with Crippen molar-refractivity contribution >= 4 is 38.4 Å². The Kier molecular flexibility index (Phi) is 6.65. The van der Waals surface area contributed by atoms with Gasteiger partial charge in [-0.15, -0.1) is 0 Å². The number of amides is 1. The average Bonchev–Trinajstić information content (AvgIpc) is 2.76.